The number of carboxylic acids is 1. The van der Waals surface area contributed by atoms with E-state index in [0.717, 1.165) is 0 Å². The lowest BCUT2D eigenvalue weighted by atomic mass is 10.4. The molecule has 0 radical (unpaired) electrons. The Balaban J connectivity index is 3.72. The molecule has 0 aromatic rings. The summed E-state index contributed by atoms with van der Waals surface area (Å²) in [6.45, 7) is -2.51. The molecule has 0 aliphatic rings. The molecule has 6 nitrogen and oxygen atoms in total. The number of aliphatic hydroxyl groups is 1. The van der Waals surface area contributed by atoms with E-state index in [0.29, 0.717) is 0 Å². The fourth-order valence-electron chi connectivity index (χ4n) is 0.466. The predicted molar refractivity (Wildman–Crippen MR) is 39.0 cm³/mol. The van der Waals surface area contributed by atoms with Crippen LogP contribution in [0, 0.1) is 0 Å². The highest BCUT2D eigenvalue weighted by molar-refractivity contribution is 5.74. The number of nitrogens with one attached hydrogen (secondary N) is 1. The largest absolute Gasteiger partial charge is 0.479 e. The zero-order valence-electron chi connectivity index (χ0n) is 7.24. The van der Waals surface area contributed by atoms with Gasteiger partial charge >= 0.3 is 18.2 Å². The molecule has 15 heavy (non-hydrogen) atoms. The number of carbonyl (C=O) groups is 2. The number of carboxylic acid groups (broad SMARTS) is 1. The molecule has 0 saturated heterocycles. The van der Waals surface area contributed by atoms with Gasteiger partial charge in [-0.1, -0.05) is 0 Å². The molecule has 0 bridgehead atoms. The maximum Gasteiger partial charge on any atom is 0.422 e. The second-order valence-corrected chi connectivity index (χ2v) is 2.43. The van der Waals surface area contributed by atoms with Crippen LogP contribution in [0.3, 0.4) is 0 Å². The van der Waals surface area contributed by atoms with Crippen LogP contribution < -0.4 is 5.32 Å². The van der Waals surface area contributed by atoms with Crippen LogP contribution in [-0.2, 0) is 9.53 Å². The van der Waals surface area contributed by atoms with Crippen molar-refractivity contribution in [2.24, 2.45) is 0 Å². The van der Waals surface area contributed by atoms with Crippen molar-refractivity contribution in [3.8, 4) is 0 Å². The quantitative estimate of drug-likeness (QED) is 0.618. The van der Waals surface area contributed by atoms with Gasteiger partial charge in [-0.3, -0.25) is 0 Å². The number of amides is 1. The van der Waals surface area contributed by atoms with Crippen LogP contribution in [0.25, 0.3) is 0 Å². The Kier molecular flexibility index (Phi) is 4.85. The molecular formula is C6H8F3NO5. The smallest absolute Gasteiger partial charge is 0.422 e. The van der Waals surface area contributed by atoms with Crippen LogP contribution in [0.1, 0.15) is 0 Å². The second-order valence-electron chi connectivity index (χ2n) is 2.43. The molecule has 0 aliphatic heterocycles. The number of rotatable bonds is 4. The minimum absolute atomic E-state index is 0.730. The lowest BCUT2D eigenvalue weighted by molar-refractivity contribution is -0.160. The van der Waals surface area contributed by atoms with Gasteiger partial charge in [-0.2, -0.15) is 13.2 Å². The maximum atomic E-state index is 11.5. The summed E-state index contributed by atoms with van der Waals surface area (Å²) in [5.74, 6) is -1.61. The van der Waals surface area contributed by atoms with Crippen molar-refractivity contribution in [1.82, 2.24) is 5.32 Å². The first-order valence-corrected chi connectivity index (χ1v) is 3.60. The molecule has 0 heterocycles. The van der Waals surface area contributed by atoms with Gasteiger partial charge in [-0.25, -0.2) is 9.59 Å². The number of alkyl carbamates (subject to hydrolysis) is 1. The second kappa shape index (κ2) is 5.39. The maximum absolute atomic E-state index is 11.5. The molecule has 0 aromatic carbocycles. The van der Waals surface area contributed by atoms with Crippen LogP contribution >= 0.6 is 0 Å². The summed E-state index contributed by atoms with van der Waals surface area (Å²) in [6.07, 6.45) is -7.99. The van der Waals surface area contributed by atoms with Crippen LogP contribution in [0.2, 0.25) is 0 Å². The van der Waals surface area contributed by atoms with Crippen molar-refractivity contribution in [2.45, 2.75) is 12.3 Å². The van der Waals surface area contributed by atoms with Crippen molar-refractivity contribution in [3.05, 3.63) is 0 Å². The van der Waals surface area contributed by atoms with Gasteiger partial charge in [0.15, 0.2) is 12.7 Å². The third kappa shape index (κ3) is 7.55. The summed E-state index contributed by atoms with van der Waals surface area (Å²) < 4.78 is 38.1. The Morgan fingerprint density at radius 3 is 2.33 bits per heavy atom. The molecule has 1 amide bonds. The fourth-order valence-corrected chi connectivity index (χ4v) is 0.466. The van der Waals surface area contributed by atoms with Crippen LogP contribution in [-0.4, -0.2) is 47.7 Å². The molecular weight excluding hydrogens is 223 g/mol. The third-order valence-electron chi connectivity index (χ3n) is 1.09. The molecule has 0 fully saturated rings. The predicted octanol–water partition coefficient (Wildman–Crippen LogP) is -0.280. The summed E-state index contributed by atoms with van der Waals surface area (Å²) in [7, 11) is 0. The Labute approximate surface area is 81.6 Å². The molecule has 1 unspecified atom stereocenters. The molecule has 88 valence electrons. The first kappa shape index (κ1) is 13.5. The van der Waals surface area contributed by atoms with Crippen molar-refractivity contribution >= 4 is 12.1 Å². The van der Waals surface area contributed by atoms with Gasteiger partial charge in [0.05, 0.1) is 6.54 Å². The lowest BCUT2D eigenvalue weighted by Gasteiger charge is -2.10. The number of alkyl halides is 3. The van der Waals surface area contributed by atoms with E-state index in [4.69, 9.17) is 10.2 Å². The van der Waals surface area contributed by atoms with Gasteiger partial charge in [0.2, 0.25) is 0 Å². The van der Waals surface area contributed by atoms with Crippen molar-refractivity contribution in [1.29, 1.82) is 0 Å². The van der Waals surface area contributed by atoms with E-state index in [9.17, 15) is 22.8 Å². The number of ether oxygens (including phenoxy) is 1. The molecule has 9 heteroatoms. The van der Waals surface area contributed by atoms with Crippen LogP contribution in [0.15, 0.2) is 0 Å². The zero-order valence-corrected chi connectivity index (χ0v) is 7.24. The Morgan fingerprint density at radius 1 is 1.40 bits per heavy atom. The number of aliphatic hydroxyl groups excluding tert-OH is 1. The number of aliphatic carboxylic acids is 1. The first-order chi connectivity index (χ1) is 6.72. The zero-order chi connectivity index (χ0) is 12.1. The van der Waals surface area contributed by atoms with E-state index in [-0.39, 0.29) is 0 Å². The van der Waals surface area contributed by atoms with E-state index in [1.807, 2.05) is 0 Å². The average molecular weight is 231 g/mol. The summed E-state index contributed by atoms with van der Waals surface area (Å²) >= 11 is 0. The minimum Gasteiger partial charge on any atom is -0.479 e. The molecule has 0 aromatic heterocycles. The van der Waals surface area contributed by atoms with E-state index >= 15 is 0 Å². The van der Waals surface area contributed by atoms with Crippen molar-refractivity contribution in [2.75, 3.05) is 13.2 Å². The summed E-state index contributed by atoms with van der Waals surface area (Å²) in [6, 6.07) is 0. The number of hydrogen-bond acceptors (Lipinski definition) is 4. The molecule has 0 rings (SSSR count). The number of halogens is 3. The van der Waals surface area contributed by atoms with Crippen LogP contribution in [0.4, 0.5) is 18.0 Å². The lowest BCUT2D eigenvalue weighted by Crippen LogP contribution is -2.37. The molecule has 0 aliphatic carbocycles. The number of hydrogen-bond donors (Lipinski definition) is 3. The Hall–Kier alpha value is -1.51. The van der Waals surface area contributed by atoms with Gasteiger partial charge in [0.25, 0.3) is 0 Å². The van der Waals surface area contributed by atoms with E-state index in [2.05, 4.69) is 4.74 Å². The minimum atomic E-state index is -4.65. The average Bonchev–Trinajstić information content (AvgIpc) is 2.09. The van der Waals surface area contributed by atoms with Crippen molar-refractivity contribution < 1.29 is 37.7 Å². The molecule has 1 atom stereocenters. The highest BCUT2D eigenvalue weighted by Gasteiger charge is 2.29. The van der Waals surface area contributed by atoms with E-state index < -0.39 is 37.5 Å². The molecule has 0 spiro atoms. The Morgan fingerprint density at radius 2 is 1.93 bits per heavy atom. The highest BCUT2D eigenvalue weighted by Crippen LogP contribution is 2.14. The fraction of sp³-hybridized carbons (Fsp3) is 0.667. The van der Waals surface area contributed by atoms with Gasteiger partial charge in [-0.15, -0.1) is 0 Å². The van der Waals surface area contributed by atoms with Gasteiger partial charge < -0.3 is 20.3 Å². The highest BCUT2D eigenvalue weighted by atomic mass is 19.4. The monoisotopic (exact) mass is 231 g/mol. The Bertz CT molecular complexity index is 241. The van der Waals surface area contributed by atoms with E-state index in [1.165, 1.54) is 0 Å². The van der Waals surface area contributed by atoms with Crippen molar-refractivity contribution in [3.63, 3.8) is 0 Å². The topological polar surface area (TPSA) is 95.9 Å². The first-order valence-electron chi connectivity index (χ1n) is 3.60. The molecule has 3 N–H and O–H groups in total. The summed E-state index contributed by atoms with van der Waals surface area (Å²) in [5.41, 5.74) is 0. The standard InChI is InChI=1S/C6H8F3NO5/c7-6(8,9)2-15-5(14)10-1-3(11)4(12)13/h3,11H,1-2H2,(H,10,14)(H,12,13). The van der Waals surface area contributed by atoms with Gasteiger partial charge in [0.1, 0.15) is 0 Å². The normalized spacial score (nSPS) is 13.1. The van der Waals surface area contributed by atoms with Gasteiger partial charge in [0, 0.05) is 0 Å². The van der Waals surface area contributed by atoms with Crippen LogP contribution in [0.5, 0.6) is 0 Å². The molecule has 0 saturated carbocycles. The SMILES string of the molecule is O=C(NCC(O)C(=O)O)OCC(F)(F)F. The number of carbonyl (C=O) groups excluding carboxylic acids is 1. The van der Waals surface area contributed by atoms with Gasteiger partial charge in [-0.05, 0) is 0 Å². The van der Waals surface area contributed by atoms with E-state index in [1.54, 1.807) is 5.32 Å². The third-order valence-corrected chi connectivity index (χ3v) is 1.09. The summed E-state index contributed by atoms with van der Waals surface area (Å²) in [4.78, 5) is 20.5. The summed E-state index contributed by atoms with van der Waals surface area (Å²) in [5, 5.41) is 18.4.